The Morgan fingerprint density at radius 3 is 2.83 bits per heavy atom. The van der Waals surface area contributed by atoms with Gasteiger partial charge in [-0.2, -0.15) is 0 Å². The number of hydrogen-bond donors (Lipinski definition) is 1. The van der Waals surface area contributed by atoms with E-state index in [2.05, 4.69) is 43.6 Å². The number of hydrogen-bond acceptors (Lipinski definition) is 2. The number of nitrogens with one attached hydrogen (secondary N) is 1. The van der Waals surface area contributed by atoms with Crippen LogP contribution in [0.5, 0.6) is 0 Å². The molecule has 0 aliphatic heterocycles. The third-order valence-electron chi connectivity index (χ3n) is 6.44. The predicted molar refractivity (Wildman–Crippen MR) is 121 cm³/mol. The summed E-state index contributed by atoms with van der Waals surface area (Å²) in [7, 11) is 1.87. The Hall–Kier alpha value is -3.08. The van der Waals surface area contributed by atoms with Crippen LogP contribution in [0.1, 0.15) is 59.9 Å². The van der Waals surface area contributed by atoms with E-state index in [1.54, 1.807) is 16.8 Å². The van der Waals surface area contributed by atoms with Crippen molar-refractivity contribution < 1.29 is 4.79 Å². The first kappa shape index (κ1) is 20.2. The molecule has 1 atom stereocenters. The van der Waals surface area contributed by atoms with E-state index in [-0.39, 0.29) is 22.9 Å². The lowest BCUT2D eigenvalue weighted by Crippen LogP contribution is -2.37. The van der Waals surface area contributed by atoms with Gasteiger partial charge in [0.25, 0.3) is 11.5 Å². The first-order valence-corrected chi connectivity index (χ1v) is 10.4. The quantitative estimate of drug-likeness (QED) is 0.642. The molecule has 3 aromatic rings. The number of aromatic amines is 1. The van der Waals surface area contributed by atoms with Crippen molar-refractivity contribution in [1.29, 1.82) is 0 Å². The molecule has 0 saturated heterocycles. The van der Waals surface area contributed by atoms with E-state index in [9.17, 15) is 9.59 Å². The van der Waals surface area contributed by atoms with Gasteiger partial charge in [0.15, 0.2) is 0 Å². The number of benzene rings is 1. The summed E-state index contributed by atoms with van der Waals surface area (Å²) < 4.78 is 1.55. The molecule has 156 valence electrons. The summed E-state index contributed by atoms with van der Waals surface area (Å²) in [6.45, 7) is 10.5. The lowest BCUT2D eigenvalue weighted by atomic mass is 9.70. The molecular weight excluding hydrogens is 374 g/mol. The van der Waals surface area contributed by atoms with Crippen molar-refractivity contribution in [2.24, 2.45) is 0 Å². The number of nitrogens with zero attached hydrogens (tertiary/aromatic N) is 2. The maximum atomic E-state index is 13.7. The first-order chi connectivity index (χ1) is 14.2. The summed E-state index contributed by atoms with van der Waals surface area (Å²) in [4.78, 5) is 31.4. The molecule has 1 aliphatic rings. The van der Waals surface area contributed by atoms with Gasteiger partial charge in [-0.3, -0.25) is 9.59 Å². The summed E-state index contributed by atoms with van der Waals surface area (Å²) in [5, 5.41) is 0.680. The summed E-state index contributed by atoms with van der Waals surface area (Å²) in [5.74, 6) is -0.0729. The van der Waals surface area contributed by atoms with E-state index in [1.807, 2.05) is 31.0 Å². The number of aromatic nitrogens is 2. The highest BCUT2D eigenvalue weighted by Gasteiger charge is 2.36. The second-order valence-corrected chi connectivity index (χ2v) is 8.97. The van der Waals surface area contributed by atoms with Gasteiger partial charge in [0.05, 0.1) is 11.6 Å². The number of amides is 1. The van der Waals surface area contributed by atoms with Crippen LogP contribution in [0.2, 0.25) is 0 Å². The summed E-state index contributed by atoms with van der Waals surface area (Å²) >= 11 is 0. The van der Waals surface area contributed by atoms with Crippen LogP contribution in [0.4, 0.5) is 0 Å². The zero-order valence-electron chi connectivity index (χ0n) is 18.2. The van der Waals surface area contributed by atoms with Crippen molar-refractivity contribution in [3.8, 4) is 0 Å². The molecule has 0 bridgehead atoms. The van der Waals surface area contributed by atoms with Gasteiger partial charge >= 0.3 is 0 Å². The predicted octanol–water partition coefficient (Wildman–Crippen LogP) is 4.71. The smallest absolute Gasteiger partial charge is 0.275 e. The fraction of sp³-hybridized carbons (Fsp3) is 0.360. The molecule has 2 heterocycles. The molecule has 0 spiro atoms. The van der Waals surface area contributed by atoms with Crippen LogP contribution in [-0.2, 0) is 12.0 Å². The molecule has 1 N–H and O–H groups in total. The first-order valence-electron chi connectivity index (χ1n) is 10.4. The van der Waals surface area contributed by atoms with Gasteiger partial charge in [0.2, 0.25) is 0 Å². The number of carbonyl (C=O) groups excluding carboxylic acids is 1. The van der Waals surface area contributed by atoms with Gasteiger partial charge in [-0.25, -0.2) is 0 Å². The lowest BCUT2D eigenvalue weighted by Gasteiger charge is -2.40. The minimum atomic E-state index is -0.137. The van der Waals surface area contributed by atoms with Crippen molar-refractivity contribution in [2.75, 3.05) is 7.05 Å². The molecule has 4 rings (SSSR count). The minimum absolute atomic E-state index is 0.0107. The molecule has 1 aromatic carbocycles. The van der Waals surface area contributed by atoms with E-state index < -0.39 is 0 Å². The molecule has 2 aromatic heterocycles. The Balaban J connectivity index is 1.80. The van der Waals surface area contributed by atoms with Crippen LogP contribution in [0.3, 0.4) is 0 Å². The van der Waals surface area contributed by atoms with E-state index in [0.29, 0.717) is 23.0 Å². The average molecular weight is 404 g/mol. The van der Waals surface area contributed by atoms with Gasteiger partial charge in [-0.05, 0) is 42.4 Å². The largest absolute Gasteiger partial charge is 0.354 e. The third kappa shape index (κ3) is 3.18. The van der Waals surface area contributed by atoms with Crippen LogP contribution in [0, 0.1) is 6.92 Å². The Bertz CT molecular complexity index is 1200. The maximum absolute atomic E-state index is 13.7. The highest BCUT2D eigenvalue weighted by atomic mass is 16.2. The normalized spacial score (nSPS) is 17.5. The SMILES string of the molecule is C=CCn1cc(C(=O)N(C)C2CCC(C)(C)c3ccccc32)c2cc(C)[nH]c2c1=O. The van der Waals surface area contributed by atoms with Gasteiger partial charge in [0, 0.05) is 30.9 Å². The highest BCUT2D eigenvalue weighted by Crippen LogP contribution is 2.43. The molecular formula is C25H29N3O2. The van der Waals surface area contributed by atoms with Gasteiger partial charge in [-0.15, -0.1) is 6.58 Å². The molecule has 1 aliphatic carbocycles. The second-order valence-electron chi connectivity index (χ2n) is 8.97. The Morgan fingerprint density at radius 2 is 2.10 bits per heavy atom. The topological polar surface area (TPSA) is 58.1 Å². The Morgan fingerprint density at radius 1 is 1.37 bits per heavy atom. The standard InChI is InChI=1S/C25H29N3O2/c1-6-13-28-15-19(18-14-16(2)26-22(18)24(28)30)23(29)27(5)21-11-12-25(3,4)20-10-8-7-9-17(20)21/h6-10,14-15,21,26H,1,11-13H2,2-5H3. The zero-order valence-corrected chi connectivity index (χ0v) is 18.2. The molecule has 1 unspecified atom stereocenters. The number of rotatable bonds is 4. The minimum Gasteiger partial charge on any atom is -0.354 e. The van der Waals surface area contributed by atoms with Crippen LogP contribution in [0.15, 0.2) is 54.0 Å². The summed E-state index contributed by atoms with van der Waals surface area (Å²) in [5.41, 5.74) is 4.35. The van der Waals surface area contributed by atoms with Crippen molar-refractivity contribution in [1.82, 2.24) is 14.5 Å². The van der Waals surface area contributed by atoms with Crippen molar-refractivity contribution in [3.05, 3.63) is 81.9 Å². The number of H-pyrrole nitrogens is 1. The number of carbonyl (C=O) groups is 1. The molecule has 5 nitrogen and oxygen atoms in total. The van der Waals surface area contributed by atoms with E-state index in [1.165, 1.54) is 11.1 Å². The highest BCUT2D eigenvalue weighted by molar-refractivity contribution is 6.06. The second kappa shape index (κ2) is 7.31. The number of fused-ring (bicyclic) bond motifs is 2. The molecule has 0 radical (unpaired) electrons. The van der Waals surface area contributed by atoms with Crippen LogP contribution >= 0.6 is 0 Å². The van der Waals surface area contributed by atoms with E-state index >= 15 is 0 Å². The molecule has 30 heavy (non-hydrogen) atoms. The third-order valence-corrected chi connectivity index (χ3v) is 6.44. The monoisotopic (exact) mass is 403 g/mol. The van der Waals surface area contributed by atoms with E-state index in [4.69, 9.17) is 0 Å². The lowest BCUT2D eigenvalue weighted by molar-refractivity contribution is 0.0705. The average Bonchev–Trinajstić information content (AvgIpc) is 3.11. The van der Waals surface area contributed by atoms with Gasteiger partial charge < -0.3 is 14.5 Å². The fourth-order valence-corrected chi connectivity index (χ4v) is 4.77. The van der Waals surface area contributed by atoms with Crippen LogP contribution in [-0.4, -0.2) is 27.4 Å². The summed E-state index contributed by atoms with van der Waals surface area (Å²) in [6, 6.07) is 10.3. The molecule has 1 amide bonds. The van der Waals surface area contributed by atoms with Gasteiger partial charge in [0.1, 0.15) is 5.52 Å². The van der Waals surface area contributed by atoms with Crippen LogP contribution < -0.4 is 5.56 Å². The number of allylic oxidation sites excluding steroid dienone is 1. The van der Waals surface area contributed by atoms with Crippen LogP contribution in [0.25, 0.3) is 10.9 Å². The Kier molecular flexibility index (Phi) is 4.92. The fourth-order valence-electron chi connectivity index (χ4n) is 4.77. The van der Waals surface area contributed by atoms with Crippen molar-refractivity contribution in [2.45, 2.75) is 51.6 Å². The van der Waals surface area contributed by atoms with Crippen molar-refractivity contribution >= 4 is 16.8 Å². The maximum Gasteiger partial charge on any atom is 0.275 e. The molecule has 0 fully saturated rings. The van der Waals surface area contributed by atoms with Gasteiger partial charge in [-0.1, -0.05) is 44.2 Å². The number of pyridine rings is 1. The zero-order chi connectivity index (χ0) is 21.6. The summed E-state index contributed by atoms with van der Waals surface area (Å²) in [6.07, 6.45) is 5.27. The molecule has 0 saturated carbocycles. The van der Waals surface area contributed by atoms with E-state index in [0.717, 1.165) is 18.5 Å². The number of aryl methyl sites for hydroxylation is 1. The van der Waals surface area contributed by atoms with Crippen molar-refractivity contribution in [3.63, 3.8) is 0 Å². The molecule has 5 heteroatoms. The Labute approximate surface area is 177 Å².